The molecular weight excluding hydrogens is 242 g/mol. The van der Waals surface area contributed by atoms with E-state index in [2.05, 4.69) is 0 Å². The van der Waals surface area contributed by atoms with E-state index >= 15 is 0 Å². The molecule has 0 aliphatic carbocycles. The maximum Gasteiger partial charge on any atom is 0.296 e. The number of phenolic OH excluding ortho intramolecular Hbond substituents is 1. The third kappa shape index (κ3) is 2.04. The second-order valence-electron chi connectivity index (χ2n) is 3.87. The number of rotatable bonds is 1. The van der Waals surface area contributed by atoms with E-state index in [9.17, 15) is 13.5 Å². The third-order valence-electron chi connectivity index (χ3n) is 2.48. The van der Waals surface area contributed by atoms with Crippen LogP contribution in [0.3, 0.4) is 0 Å². The first kappa shape index (κ1) is 11.7. The van der Waals surface area contributed by atoms with E-state index in [4.69, 9.17) is 10.3 Å². The fourth-order valence-corrected chi connectivity index (χ4v) is 2.39. The second kappa shape index (κ2) is 3.61. The summed E-state index contributed by atoms with van der Waals surface area (Å²) in [4.78, 5) is -0.352. The summed E-state index contributed by atoms with van der Waals surface area (Å²) in [5, 5.41) is 10.7. The molecule has 2 aromatic carbocycles. The summed E-state index contributed by atoms with van der Waals surface area (Å²) >= 11 is 0. The first-order valence-electron chi connectivity index (χ1n) is 4.79. The van der Waals surface area contributed by atoms with Crippen LogP contribution in [0.4, 0.5) is 5.69 Å². The van der Waals surface area contributed by atoms with Crippen LogP contribution < -0.4 is 5.73 Å². The largest absolute Gasteiger partial charge is 0.507 e. The minimum absolute atomic E-state index is 0.0218. The van der Waals surface area contributed by atoms with Crippen LogP contribution in [0.5, 0.6) is 5.75 Å². The molecule has 0 atom stereocenters. The number of aryl methyl sites for hydroxylation is 1. The van der Waals surface area contributed by atoms with Gasteiger partial charge < -0.3 is 10.8 Å². The van der Waals surface area contributed by atoms with Crippen molar-refractivity contribution in [3.63, 3.8) is 0 Å². The van der Waals surface area contributed by atoms with Gasteiger partial charge in [0.2, 0.25) is 0 Å². The molecule has 0 aliphatic rings. The number of aromatic hydroxyl groups is 1. The SMILES string of the molecule is Cc1cc(O)c2cc(N)c(S(=O)(=O)O)cc2c1. The Hall–Kier alpha value is -1.79. The Labute approximate surface area is 98.2 Å². The zero-order chi connectivity index (χ0) is 12.8. The summed E-state index contributed by atoms with van der Waals surface area (Å²) in [5.41, 5.74) is 6.21. The molecule has 2 rings (SSSR count). The Morgan fingerprint density at radius 1 is 1.18 bits per heavy atom. The first-order valence-corrected chi connectivity index (χ1v) is 6.23. The molecule has 2 aromatic rings. The Morgan fingerprint density at radius 2 is 1.82 bits per heavy atom. The molecule has 0 radical (unpaired) electrons. The van der Waals surface area contributed by atoms with E-state index in [0.717, 1.165) is 5.56 Å². The van der Waals surface area contributed by atoms with Crippen molar-refractivity contribution in [3.05, 3.63) is 29.8 Å². The molecule has 0 aromatic heterocycles. The van der Waals surface area contributed by atoms with Crippen molar-refractivity contribution < 1.29 is 18.1 Å². The fraction of sp³-hybridized carbons (Fsp3) is 0.0909. The number of fused-ring (bicyclic) bond motifs is 1. The van der Waals surface area contributed by atoms with Gasteiger partial charge in [-0.25, -0.2) is 0 Å². The molecule has 0 saturated heterocycles. The van der Waals surface area contributed by atoms with Crippen LogP contribution in [0.15, 0.2) is 29.2 Å². The van der Waals surface area contributed by atoms with E-state index in [1.165, 1.54) is 12.1 Å². The maximum absolute atomic E-state index is 11.1. The van der Waals surface area contributed by atoms with Gasteiger partial charge in [0.05, 0.1) is 5.69 Å². The zero-order valence-electron chi connectivity index (χ0n) is 9.01. The summed E-state index contributed by atoms with van der Waals surface area (Å²) in [6.07, 6.45) is 0. The summed E-state index contributed by atoms with van der Waals surface area (Å²) in [6, 6.07) is 5.82. The van der Waals surface area contributed by atoms with E-state index < -0.39 is 10.1 Å². The van der Waals surface area contributed by atoms with Gasteiger partial charge in [0.1, 0.15) is 10.6 Å². The van der Waals surface area contributed by atoms with Gasteiger partial charge in [0.15, 0.2) is 0 Å². The fourth-order valence-electron chi connectivity index (χ4n) is 1.76. The molecule has 6 heteroatoms. The maximum atomic E-state index is 11.1. The summed E-state index contributed by atoms with van der Waals surface area (Å²) in [6.45, 7) is 1.77. The molecule has 0 saturated carbocycles. The predicted molar refractivity (Wildman–Crippen MR) is 64.6 cm³/mol. The van der Waals surface area contributed by atoms with Gasteiger partial charge in [-0.2, -0.15) is 8.42 Å². The monoisotopic (exact) mass is 253 g/mol. The summed E-state index contributed by atoms with van der Waals surface area (Å²) in [5.74, 6) is 0.0218. The molecule has 90 valence electrons. The van der Waals surface area contributed by atoms with E-state index in [0.29, 0.717) is 10.8 Å². The van der Waals surface area contributed by atoms with Crippen LogP contribution in [0.25, 0.3) is 10.8 Å². The molecule has 0 spiro atoms. The number of anilines is 1. The minimum Gasteiger partial charge on any atom is -0.507 e. The van der Waals surface area contributed by atoms with Crippen molar-refractivity contribution >= 4 is 26.6 Å². The van der Waals surface area contributed by atoms with Crippen LogP contribution in [-0.4, -0.2) is 18.1 Å². The van der Waals surface area contributed by atoms with Crippen LogP contribution in [0, 0.1) is 6.92 Å². The van der Waals surface area contributed by atoms with E-state index in [-0.39, 0.29) is 16.3 Å². The van der Waals surface area contributed by atoms with Gasteiger partial charge in [-0.1, -0.05) is 6.07 Å². The molecule has 0 bridgehead atoms. The molecule has 5 nitrogen and oxygen atoms in total. The van der Waals surface area contributed by atoms with Gasteiger partial charge in [-0.15, -0.1) is 0 Å². The highest BCUT2D eigenvalue weighted by molar-refractivity contribution is 7.86. The normalized spacial score (nSPS) is 11.9. The van der Waals surface area contributed by atoms with Gasteiger partial charge in [-0.05, 0) is 36.1 Å². The van der Waals surface area contributed by atoms with Crippen molar-refractivity contribution in [1.29, 1.82) is 0 Å². The van der Waals surface area contributed by atoms with Crippen LogP contribution in [0.1, 0.15) is 5.56 Å². The molecule has 0 fully saturated rings. The van der Waals surface area contributed by atoms with Crippen molar-refractivity contribution in [3.8, 4) is 5.75 Å². The lowest BCUT2D eigenvalue weighted by molar-refractivity contribution is 0.480. The van der Waals surface area contributed by atoms with Gasteiger partial charge >= 0.3 is 0 Å². The third-order valence-corrected chi connectivity index (χ3v) is 3.39. The van der Waals surface area contributed by atoms with Crippen LogP contribution in [-0.2, 0) is 10.1 Å². The van der Waals surface area contributed by atoms with Gasteiger partial charge in [0.25, 0.3) is 10.1 Å². The molecular formula is C11H11NO4S. The van der Waals surface area contributed by atoms with Gasteiger partial charge in [-0.3, -0.25) is 4.55 Å². The molecule has 0 aliphatic heterocycles. The molecule has 0 heterocycles. The predicted octanol–water partition coefficient (Wildman–Crippen LogP) is 1.68. The Morgan fingerprint density at radius 3 is 2.41 bits per heavy atom. The molecule has 17 heavy (non-hydrogen) atoms. The standard InChI is InChI=1S/C11H11NO4S/c1-6-2-7-4-11(17(14,15)16)9(12)5-8(7)10(13)3-6/h2-5,13H,12H2,1H3,(H,14,15,16). The smallest absolute Gasteiger partial charge is 0.296 e. The molecule has 4 N–H and O–H groups in total. The average molecular weight is 253 g/mol. The number of nitrogens with two attached hydrogens (primary N) is 1. The quantitative estimate of drug-likeness (QED) is 0.530. The van der Waals surface area contributed by atoms with Crippen molar-refractivity contribution in [1.82, 2.24) is 0 Å². The number of benzene rings is 2. The van der Waals surface area contributed by atoms with Crippen molar-refractivity contribution in [2.45, 2.75) is 11.8 Å². The summed E-state index contributed by atoms with van der Waals surface area (Å²) in [7, 11) is -4.36. The summed E-state index contributed by atoms with van der Waals surface area (Å²) < 4.78 is 31.2. The molecule has 0 amide bonds. The number of hydrogen-bond donors (Lipinski definition) is 3. The average Bonchev–Trinajstić information content (AvgIpc) is 2.16. The lowest BCUT2D eigenvalue weighted by Crippen LogP contribution is -2.03. The first-order chi connectivity index (χ1) is 7.79. The lowest BCUT2D eigenvalue weighted by Gasteiger charge is -2.07. The Kier molecular flexibility index (Phi) is 2.48. The van der Waals surface area contributed by atoms with Crippen molar-refractivity contribution in [2.75, 3.05) is 5.73 Å². The van der Waals surface area contributed by atoms with E-state index in [1.54, 1.807) is 19.1 Å². The van der Waals surface area contributed by atoms with Crippen molar-refractivity contribution in [2.24, 2.45) is 0 Å². The Bertz CT molecular complexity index is 707. The number of phenols is 1. The highest BCUT2D eigenvalue weighted by Crippen LogP contribution is 2.31. The lowest BCUT2D eigenvalue weighted by atomic mass is 10.1. The highest BCUT2D eigenvalue weighted by atomic mass is 32.2. The number of nitrogen functional groups attached to an aromatic ring is 1. The highest BCUT2D eigenvalue weighted by Gasteiger charge is 2.16. The van der Waals surface area contributed by atoms with Gasteiger partial charge in [0, 0.05) is 5.39 Å². The second-order valence-corrected chi connectivity index (χ2v) is 5.26. The van der Waals surface area contributed by atoms with Crippen LogP contribution >= 0.6 is 0 Å². The Balaban J connectivity index is 2.90. The van der Waals surface area contributed by atoms with Crippen LogP contribution in [0.2, 0.25) is 0 Å². The zero-order valence-corrected chi connectivity index (χ0v) is 9.82. The number of hydrogen-bond acceptors (Lipinski definition) is 4. The van der Waals surface area contributed by atoms with E-state index in [1.807, 2.05) is 0 Å². The topological polar surface area (TPSA) is 101 Å². The molecule has 0 unspecified atom stereocenters. The minimum atomic E-state index is -4.36.